The van der Waals surface area contributed by atoms with E-state index in [1.165, 1.54) is 6.07 Å². The lowest BCUT2D eigenvalue weighted by Crippen LogP contribution is -2.42. The lowest BCUT2D eigenvalue weighted by atomic mass is 9.97. The zero-order chi connectivity index (χ0) is 17.1. The Morgan fingerprint density at radius 2 is 2.17 bits per heavy atom. The van der Waals surface area contributed by atoms with Crippen molar-refractivity contribution < 1.29 is 14.3 Å². The van der Waals surface area contributed by atoms with Gasteiger partial charge in [0.05, 0.1) is 12.2 Å². The first-order chi connectivity index (χ1) is 11.5. The van der Waals surface area contributed by atoms with Crippen LogP contribution in [0.1, 0.15) is 45.2 Å². The first-order valence-electron chi connectivity index (χ1n) is 7.85. The first kappa shape index (κ1) is 16.2. The third kappa shape index (κ3) is 3.46. The summed E-state index contributed by atoms with van der Waals surface area (Å²) in [6.07, 6.45) is 5.12. The van der Waals surface area contributed by atoms with E-state index in [9.17, 15) is 9.59 Å². The lowest BCUT2D eigenvalue weighted by Gasteiger charge is -2.31. The summed E-state index contributed by atoms with van der Waals surface area (Å²) in [7, 11) is 1.84. The summed E-state index contributed by atoms with van der Waals surface area (Å²) in [5.41, 5.74) is 6.92. The van der Waals surface area contributed by atoms with Crippen LogP contribution >= 0.6 is 0 Å². The maximum atomic E-state index is 12.5. The fourth-order valence-electron chi connectivity index (χ4n) is 2.91. The molecule has 2 amide bonds. The van der Waals surface area contributed by atoms with Gasteiger partial charge in [-0.3, -0.25) is 14.3 Å². The van der Waals surface area contributed by atoms with Crippen molar-refractivity contribution in [1.82, 2.24) is 15.1 Å². The topological polar surface area (TPSA) is 99.2 Å². The van der Waals surface area contributed by atoms with Crippen LogP contribution < -0.4 is 11.1 Å². The van der Waals surface area contributed by atoms with Crippen LogP contribution in [0.15, 0.2) is 36.7 Å². The summed E-state index contributed by atoms with van der Waals surface area (Å²) in [4.78, 5) is 23.8. The smallest absolute Gasteiger partial charge is 0.251 e. The zero-order valence-electron chi connectivity index (χ0n) is 13.4. The molecule has 2 atom stereocenters. The number of aryl methyl sites for hydroxylation is 1. The monoisotopic (exact) mass is 328 g/mol. The molecule has 2 heterocycles. The number of ether oxygens (including phenoxy) is 1. The Morgan fingerprint density at radius 1 is 1.38 bits per heavy atom. The van der Waals surface area contributed by atoms with Crippen LogP contribution in [0.4, 0.5) is 0 Å². The highest BCUT2D eigenvalue weighted by Crippen LogP contribution is 2.28. The molecule has 1 aromatic carbocycles. The molecule has 1 aromatic heterocycles. The minimum absolute atomic E-state index is 0.146. The Labute approximate surface area is 139 Å². The molecule has 24 heavy (non-hydrogen) atoms. The molecule has 0 saturated carbocycles. The van der Waals surface area contributed by atoms with Crippen molar-refractivity contribution in [3.05, 3.63) is 53.3 Å². The van der Waals surface area contributed by atoms with E-state index in [-0.39, 0.29) is 18.1 Å². The normalized spacial score (nSPS) is 20.5. The van der Waals surface area contributed by atoms with Crippen LogP contribution in [0, 0.1) is 0 Å². The van der Waals surface area contributed by atoms with Crippen molar-refractivity contribution >= 4 is 11.8 Å². The number of nitrogens with two attached hydrogens (primary N) is 1. The molecule has 0 spiro atoms. The van der Waals surface area contributed by atoms with E-state index in [0.29, 0.717) is 17.7 Å². The Hall–Kier alpha value is -2.67. The number of primary amides is 1. The number of rotatable bonds is 4. The summed E-state index contributed by atoms with van der Waals surface area (Å²) < 4.78 is 7.56. The number of carbonyl (C=O) groups excluding carboxylic acids is 2. The van der Waals surface area contributed by atoms with Gasteiger partial charge >= 0.3 is 0 Å². The van der Waals surface area contributed by atoms with Crippen LogP contribution in [0.25, 0.3) is 0 Å². The fourth-order valence-corrected chi connectivity index (χ4v) is 2.91. The fraction of sp³-hybridized carbons (Fsp3) is 0.353. The van der Waals surface area contributed by atoms with Gasteiger partial charge in [-0.1, -0.05) is 6.07 Å². The van der Waals surface area contributed by atoms with Gasteiger partial charge in [0.25, 0.3) is 5.91 Å². The predicted octanol–water partition coefficient (Wildman–Crippen LogP) is 1.17. The van der Waals surface area contributed by atoms with E-state index in [2.05, 4.69) is 10.4 Å². The number of carbonyl (C=O) groups is 2. The molecule has 3 rings (SSSR count). The van der Waals surface area contributed by atoms with Gasteiger partial charge in [0.1, 0.15) is 6.10 Å². The molecule has 1 fully saturated rings. The SMILES string of the molecule is Cn1cc([C@H]2OCCC[C@@H]2NC(=O)c2cccc(C(N)=O)c2)cn1. The summed E-state index contributed by atoms with van der Waals surface area (Å²) in [6, 6.07) is 6.24. The number of benzene rings is 1. The number of aromatic nitrogens is 2. The van der Waals surface area contributed by atoms with Crippen LogP contribution in [-0.4, -0.2) is 34.2 Å². The van der Waals surface area contributed by atoms with Gasteiger partial charge < -0.3 is 15.8 Å². The molecule has 0 aliphatic carbocycles. The van der Waals surface area contributed by atoms with E-state index in [1.54, 1.807) is 29.1 Å². The van der Waals surface area contributed by atoms with Crippen molar-refractivity contribution in [2.24, 2.45) is 12.8 Å². The summed E-state index contributed by atoms with van der Waals surface area (Å²) in [6.45, 7) is 0.656. The van der Waals surface area contributed by atoms with Crippen LogP contribution in [0.2, 0.25) is 0 Å². The van der Waals surface area contributed by atoms with Crippen molar-refractivity contribution in [3.8, 4) is 0 Å². The van der Waals surface area contributed by atoms with Gasteiger partial charge in [-0.15, -0.1) is 0 Å². The molecular weight excluding hydrogens is 308 g/mol. The van der Waals surface area contributed by atoms with Crippen LogP contribution in [0.5, 0.6) is 0 Å². The standard InChI is InChI=1S/C17H20N4O3/c1-21-10-13(9-19-21)15-14(6-3-7-24-15)20-17(23)12-5-2-4-11(8-12)16(18)22/h2,4-5,8-10,14-15H,3,6-7H2,1H3,(H2,18,22)(H,20,23)/t14-,15+/m0/s1. The Bertz CT molecular complexity index is 756. The molecule has 0 bridgehead atoms. The van der Waals surface area contributed by atoms with Crippen molar-refractivity contribution in [2.75, 3.05) is 6.61 Å². The second-order valence-corrected chi connectivity index (χ2v) is 5.91. The van der Waals surface area contributed by atoms with Gasteiger partial charge in [0, 0.05) is 36.5 Å². The van der Waals surface area contributed by atoms with E-state index in [1.807, 2.05) is 13.2 Å². The highest BCUT2D eigenvalue weighted by molar-refractivity contribution is 5.99. The molecule has 0 radical (unpaired) electrons. The number of hydrogen-bond donors (Lipinski definition) is 2. The predicted molar refractivity (Wildman–Crippen MR) is 87.3 cm³/mol. The molecule has 1 aliphatic heterocycles. The second kappa shape index (κ2) is 6.84. The van der Waals surface area contributed by atoms with Crippen molar-refractivity contribution in [1.29, 1.82) is 0 Å². The average molecular weight is 328 g/mol. The van der Waals surface area contributed by atoms with Crippen molar-refractivity contribution in [3.63, 3.8) is 0 Å². The summed E-state index contributed by atoms with van der Waals surface area (Å²) in [5.74, 6) is -0.804. The molecular formula is C17H20N4O3. The van der Waals surface area contributed by atoms with Crippen molar-refractivity contribution in [2.45, 2.75) is 25.0 Å². The van der Waals surface area contributed by atoms with Gasteiger partial charge in [0.2, 0.25) is 5.91 Å². The third-order valence-electron chi connectivity index (χ3n) is 4.10. The molecule has 7 heteroatoms. The minimum atomic E-state index is -0.557. The Kier molecular flexibility index (Phi) is 4.61. The molecule has 0 unspecified atom stereocenters. The highest BCUT2D eigenvalue weighted by Gasteiger charge is 2.30. The molecule has 126 valence electrons. The molecule has 1 saturated heterocycles. The summed E-state index contributed by atoms with van der Waals surface area (Å²) >= 11 is 0. The van der Waals surface area contributed by atoms with E-state index in [0.717, 1.165) is 18.4 Å². The van der Waals surface area contributed by atoms with E-state index < -0.39 is 5.91 Å². The number of hydrogen-bond acceptors (Lipinski definition) is 4. The third-order valence-corrected chi connectivity index (χ3v) is 4.10. The first-order valence-corrected chi connectivity index (χ1v) is 7.85. The van der Waals surface area contributed by atoms with Gasteiger partial charge in [-0.2, -0.15) is 5.10 Å². The average Bonchev–Trinajstić information content (AvgIpc) is 3.01. The highest BCUT2D eigenvalue weighted by atomic mass is 16.5. The molecule has 7 nitrogen and oxygen atoms in total. The van der Waals surface area contributed by atoms with Crippen LogP contribution in [0.3, 0.4) is 0 Å². The number of nitrogens with one attached hydrogen (secondary N) is 1. The second-order valence-electron chi connectivity index (χ2n) is 5.91. The maximum Gasteiger partial charge on any atom is 0.251 e. The van der Waals surface area contributed by atoms with Gasteiger partial charge in [0.15, 0.2) is 0 Å². The molecule has 1 aliphatic rings. The Balaban J connectivity index is 1.76. The largest absolute Gasteiger partial charge is 0.371 e. The number of amides is 2. The molecule has 2 aromatic rings. The van der Waals surface area contributed by atoms with Crippen LogP contribution in [-0.2, 0) is 11.8 Å². The quantitative estimate of drug-likeness (QED) is 0.880. The minimum Gasteiger partial charge on any atom is -0.371 e. The molecule has 3 N–H and O–H groups in total. The zero-order valence-corrected chi connectivity index (χ0v) is 13.4. The number of nitrogens with zero attached hydrogens (tertiary/aromatic N) is 2. The van der Waals surface area contributed by atoms with E-state index in [4.69, 9.17) is 10.5 Å². The maximum absolute atomic E-state index is 12.5. The summed E-state index contributed by atoms with van der Waals surface area (Å²) in [5, 5.41) is 7.17. The van der Waals surface area contributed by atoms with E-state index >= 15 is 0 Å². The van der Waals surface area contributed by atoms with Gasteiger partial charge in [-0.05, 0) is 31.0 Å². The van der Waals surface area contributed by atoms with Gasteiger partial charge in [-0.25, -0.2) is 0 Å². The lowest BCUT2D eigenvalue weighted by molar-refractivity contribution is -0.00949. The Morgan fingerprint density at radius 3 is 2.88 bits per heavy atom.